The third-order valence-electron chi connectivity index (χ3n) is 3.53. The Kier molecular flexibility index (Phi) is 2.80. The molecule has 0 fully saturated rings. The van der Waals surface area contributed by atoms with Crippen molar-refractivity contribution in [2.24, 2.45) is 7.05 Å². The van der Waals surface area contributed by atoms with Gasteiger partial charge in [-0.2, -0.15) is 9.83 Å². The van der Waals surface area contributed by atoms with Gasteiger partial charge in [-0.25, -0.2) is 4.57 Å². The van der Waals surface area contributed by atoms with Gasteiger partial charge >= 0.3 is 0 Å². The minimum atomic E-state index is 0.697. The maximum absolute atomic E-state index is 9.35. The Morgan fingerprint density at radius 3 is 2.45 bits per heavy atom. The number of hydrogen-bond donors (Lipinski definition) is 0. The quantitative estimate of drug-likeness (QED) is 0.621. The molecule has 3 nitrogen and oxygen atoms in total. The van der Waals surface area contributed by atoms with E-state index in [0.717, 1.165) is 16.7 Å². The van der Waals surface area contributed by atoms with Crippen LogP contribution in [0.3, 0.4) is 0 Å². The van der Waals surface area contributed by atoms with E-state index in [0.29, 0.717) is 5.56 Å². The van der Waals surface area contributed by atoms with Gasteiger partial charge in [0.15, 0.2) is 11.0 Å². The zero-order chi connectivity index (χ0) is 14.3. The van der Waals surface area contributed by atoms with Gasteiger partial charge in [0.25, 0.3) is 0 Å². The molecular formula is C17H16N3+. The first kappa shape index (κ1) is 12.4. The first-order valence-corrected chi connectivity index (χ1v) is 6.58. The van der Waals surface area contributed by atoms with Crippen LogP contribution >= 0.6 is 0 Å². The predicted octanol–water partition coefficient (Wildman–Crippen LogP) is 2.94. The van der Waals surface area contributed by atoms with Crippen LogP contribution < -0.4 is 4.57 Å². The smallest absolute Gasteiger partial charge is 0.232 e. The summed E-state index contributed by atoms with van der Waals surface area (Å²) in [4.78, 5) is 0. The van der Waals surface area contributed by atoms with Crippen LogP contribution in [0.5, 0.6) is 0 Å². The van der Waals surface area contributed by atoms with Crippen molar-refractivity contribution in [3.05, 3.63) is 59.4 Å². The average Bonchev–Trinajstić information content (AvgIpc) is 2.75. The molecule has 0 radical (unpaired) electrons. The maximum atomic E-state index is 9.35. The van der Waals surface area contributed by atoms with Crippen molar-refractivity contribution >= 4 is 11.0 Å². The molecule has 0 N–H and O–H groups in total. The molecule has 98 valence electrons. The number of rotatable bonds is 1. The minimum absolute atomic E-state index is 0.697. The lowest BCUT2D eigenvalue weighted by atomic mass is 10.1. The molecule has 1 heterocycles. The van der Waals surface area contributed by atoms with Crippen LogP contribution in [0.15, 0.2) is 42.7 Å². The van der Waals surface area contributed by atoms with E-state index >= 15 is 0 Å². The van der Waals surface area contributed by atoms with Crippen molar-refractivity contribution in [1.82, 2.24) is 4.57 Å². The van der Waals surface area contributed by atoms with Gasteiger partial charge in [0.1, 0.15) is 17.3 Å². The molecule has 0 aliphatic rings. The zero-order valence-corrected chi connectivity index (χ0v) is 11.9. The van der Waals surface area contributed by atoms with Crippen LogP contribution in [-0.2, 0) is 7.05 Å². The molecule has 3 heteroatoms. The first-order chi connectivity index (χ1) is 9.60. The highest BCUT2D eigenvalue weighted by molar-refractivity contribution is 5.80. The number of nitrogens with zero attached hydrogens (tertiary/aromatic N) is 3. The summed E-state index contributed by atoms with van der Waals surface area (Å²) in [7, 11) is 2.00. The summed E-state index contributed by atoms with van der Waals surface area (Å²) in [5, 5.41) is 9.35. The summed E-state index contributed by atoms with van der Waals surface area (Å²) >= 11 is 0. The van der Waals surface area contributed by atoms with Gasteiger partial charge in [-0.1, -0.05) is 12.1 Å². The Bertz CT molecular complexity index is 830. The van der Waals surface area contributed by atoms with Crippen molar-refractivity contribution in [2.45, 2.75) is 13.8 Å². The molecule has 1 aromatic heterocycles. The summed E-state index contributed by atoms with van der Waals surface area (Å²) in [5.74, 6) is 0. The van der Waals surface area contributed by atoms with Crippen molar-refractivity contribution in [1.29, 1.82) is 5.26 Å². The van der Waals surface area contributed by atoms with Gasteiger partial charge in [-0.15, -0.1) is 0 Å². The molecule has 3 aromatic rings. The Balaban J connectivity index is 2.40. The fourth-order valence-electron chi connectivity index (χ4n) is 2.74. The van der Waals surface area contributed by atoms with Gasteiger partial charge in [-0.3, -0.25) is 0 Å². The Morgan fingerprint density at radius 1 is 1.10 bits per heavy atom. The lowest BCUT2D eigenvalue weighted by Gasteiger charge is -2.02. The predicted molar refractivity (Wildman–Crippen MR) is 78.6 cm³/mol. The highest BCUT2D eigenvalue weighted by Gasteiger charge is 2.18. The van der Waals surface area contributed by atoms with E-state index in [4.69, 9.17) is 0 Å². The number of hydrogen-bond acceptors (Lipinski definition) is 1. The molecule has 0 aliphatic carbocycles. The summed E-state index contributed by atoms with van der Waals surface area (Å²) in [6, 6.07) is 14.5. The number of fused-ring (bicyclic) bond motifs is 1. The molecule has 0 saturated carbocycles. The van der Waals surface area contributed by atoms with Crippen LogP contribution in [0.25, 0.3) is 16.7 Å². The van der Waals surface area contributed by atoms with Crippen molar-refractivity contribution in [2.75, 3.05) is 0 Å². The third-order valence-corrected chi connectivity index (χ3v) is 3.53. The standard InChI is InChI=1S/C17H16N3/c1-12-7-13(2)9-15(8-12)20-11-19(3)16-6-4-5-14(10-18)17(16)20/h4-9,11H,1-3H3/q+1. The molecule has 0 bridgehead atoms. The number of nitriles is 1. The fraction of sp³-hybridized carbons (Fsp3) is 0.176. The van der Waals surface area contributed by atoms with Crippen molar-refractivity contribution in [3.63, 3.8) is 0 Å². The van der Waals surface area contributed by atoms with E-state index in [1.807, 2.05) is 36.1 Å². The molecular weight excluding hydrogens is 246 g/mol. The summed E-state index contributed by atoms with van der Waals surface area (Å²) in [5.41, 5.74) is 6.25. The zero-order valence-electron chi connectivity index (χ0n) is 11.9. The van der Waals surface area contributed by atoms with Crippen LogP contribution in [0.2, 0.25) is 0 Å². The lowest BCUT2D eigenvalue weighted by molar-refractivity contribution is -0.645. The van der Waals surface area contributed by atoms with Crippen molar-refractivity contribution in [3.8, 4) is 11.8 Å². The van der Waals surface area contributed by atoms with Crippen LogP contribution in [0.1, 0.15) is 16.7 Å². The molecule has 0 atom stereocenters. The number of para-hydroxylation sites is 1. The Labute approximate surface area is 118 Å². The highest BCUT2D eigenvalue weighted by Crippen LogP contribution is 2.22. The molecule has 0 saturated heterocycles. The van der Waals surface area contributed by atoms with E-state index in [2.05, 4.69) is 42.7 Å². The molecule has 0 spiro atoms. The maximum Gasteiger partial charge on any atom is 0.249 e. The van der Waals surface area contributed by atoms with Gasteiger partial charge in [-0.05, 0) is 49.2 Å². The molecule has 20 heavy (non-hydrogen) atoms. The molecule has 3 rings (SSSR count). The Hall–Kier alpha value is -2.60. The van der Waals surface area contributed by atoms with Crippen LogP contribution in [0, 0.1) is 25.2 Å². The van der Waals surface area contributed by atoms with E-state index in [-0.39, 0.29) is 0 Å². The normalized spacial score (nSPS) is 10.7. The molecule has 0 aliphatic heterocycles. The Morgan fingerprint density at radius 2 is 1.80 bits per heavy atom. The fourth-order valence-corrected chi connectivity index (χ4v) is 2.74. The topological polar surface area (TPSA) is 32.6 Å². The van der Waals surface area contributed by atoms with Gasteiger partial charge < -0.3 is 0 Å². The number of benzene rings is 2. The van der Waals surface area contributed by atoms with E-state index < -0.39 is 0 Å². The molecule has 2 aromatic carbocycles. The second kappa shape index (κ2) is 4.50. The van der Waals surface area contributed by atoms with E-state index in [1.165, 1.54) is 11.1 Å². The second-order valence-electron chi connectivity index (χ2n) is 5.23. The SMILES string of the molecule is Cc1cc(C)cc(-n2c[n+](C)c3cccc(C#N)c32)c1. The van der Waals surface area contributed by atoms with Crippen LogP contribution in [-0.4, -0.2) is 4.57 Å². The minimum Gasteiger partial charge on any atom is -0.232 e. The number of aryl methyl sites for hydroxylation is 3. The van der Waals surface area contributed by atoms with E-state index in [9.17, 15) is 5.26 Å². The first-order valence-electron chi connectivity index (χ1n) is 6.58. The highest BCUT2D eigenvalue weighted by atomic mass is 15.1. The third kappa shape index (κ3) is 1.86. The second-order valence-corrected chi connectivity index (χ2v) is 5.23. The monoisotopic (exact) mass is 262 g/mol. The van der Waals surface area contributed by atoms with Gasteiger partial charge in [0.2, 0.25) is 6.33 Å². The van der Waals surface area contributed by atoms with Gasteiger partial charge in [0, 0.05) is 0 Å². The number of aromatic nitrogens is 2. The summed E-state index contributed by atoms with van der Waals surface area (Å²) in [6.07, 6.45) is 2.03. The summed E-state index contributed by atoms with van der Waals surface area (Å²) < 4.78 is 4.14. The molecule has 0 unspecified atom stereocenters. The molecule has 0 amide bonds. The average molecular weight is 262 g/mol. The van der Waals surface area contributed by atoms with E-state index in [1.54, 1.807) is 0 Å². The van der Waals surface area contributed by atoms with Crippen molar-refractivity contribution < 1.29 is 4.57 Å². The lowest BCUT2D eigenvalue weighted by Crippen LogP contribution is -2.25. The van der Waals surface area contributed by atoms with Crippen LogP contribution in [0.4, 0.5) is 0 Å². The number of imidazole rings is 1. The largest absolute Gasteiger partial charge is 0.249 e. The van der Waals surface area contributed by atoms with Gasteiger partial charge in [0.05, 0.1) is 7.05 Å². The summed E-state index contributed by atoms with van der Waals surface area (Å²) in [6.45, 7) is 4.18.